The zero-order valence-corrected chi connectivity index (χ0v) is 21.4. The number of alkyl carbamates (subject to hydrolysis) is 1. The van der Waals surface area contributed by atoms with Crippen LogP contribution in [0, 0.1) is 16.0 Å². The molecule has 10 nitrogen and oxygen atoms in total. The summed E-state index contributed by atoms with van der Waals surface area (Å²) in [5, 5.41) is 13.7. The van der Waals surface area contributed by atoms with Crippen LogP contribution < -0.4 is 5.32 Å². The quantitative estimate of drug-likeness (QED) is 0.230. The molecule has 2 aromatic rings. The fraction of sp³-hybridized carbons (Fsp3) is 0.417. The third-order valence-electron chi connectivity index (χ3n) is 4.63. The van der Waals surface area contributed by atoms with Crippen LogP contribution in [0.2, 0.25) is 0 Å². The molecule has 190 valence electrons. The summed E-state index contributed by atoms with van der Waals surface area (Å²) in [7, 11) is -4.27. The number of hydrogen-bond acceptors (Lipinski definition) is 7. The van der Waals surface area contributed by atoms with Crippen molar-refractivity contribution in [3.63, 3.8) is 0 Å². The lowest BCUT2D eigenvalue weighted by Crippen LogP contribution is -2.40. The van der Waals surface area contributed by atoms with Gasteiger partial charge in [0.1, 0.15) is 5.60 Å². The van der Waals surface area contributed by atoms with Gasteiger partial charge < -0.3 is 14.8 Å². The van der Waals surface area contributed by atoms with Crippen molar-refractivity contribution in [1.29, 1.82) is 0 Å². The molecule has 2 rings (SSSR count). The van der Waals surface area contributed by atoms with Crippen LogP contribution in [0.1, 0.15) is 53.1 Å². The van der Waals surface area contributed by atoms with Crippen LogP contribution in [0.3, 0.4) is 0 Å². The summed E-state index contributed by atoms with van der Waals surface area (Å²) in [4.78, 5) is 22.6. The number of benzene rings is 2. The van der Waals surface area contributed by atoms with Crippen molar-refractivity contribution in [2.24, 2.45) is 10.3 Å². The van der Waals surface area contributed by atoms with Crippen molar-refractivity contribution in [1.82, 2.24) is 5.32 Å². The molecule has 1 amide bonds. The maximum absolute atomic E-state index is 13.0. The number of ether oxygens (including phenoxy) is 2. The lowest BCUT2D eigenvalue weighted by molar-refractivity contribution is -0.384. The van der Waals surface area contributed by atoms with Crippen molar-refractivity contribution < 1.29 is 27.6 Å². The predicted molar refractivity (Wildman–Crippen MR) is 132 cm³/mol. The molecule has 0 aromatic heterocycles. The predicted octanol–water partition coefficient (Wildman–Crippen LogP) is 5.01. The summed E-state index contributed by atoms with van der Waals surface area (Å²) >= 11 is 0. The topological polar surface area (TPSA) is 137 Å². The van der Waals surface area contributed by atoms with E-state index in [2.05, 4.69) is 9.71 Å². The van der Waals surface area contributed by atoms with E-state index in [0.717, 1.165) is 24.3 Å². The largest absolute Gasteiger partial charge is 0.477 e. The summed E-state index contributed by atoms with van der Waals surface area (Å²) in [6.07, 6.45) is -1.10. The van der Waals surface area contributed by atoms with E-state index in [1.807, 2.05) is 6.07 Å². The fourth-order valence-corrected chi connectivity index (χ4v) is 4.13. The van der Waals surface area contributed by atoms with Gasteiger partial charge in [0, 0.05) is 12.1 Å². The molecule has 0 bridgehead atoms. The molecule has 0 aliphatic carbocycles. The summed E-state index contributed by atoms with van der Waals surface area (Å²) < 4.78 is 41.2. The van der Waals surface area contributed by atoms with Crippen LogP contribution in [0.4, 0.5) is 10.5 Å². The van der Waals surface area contributed by atoms with Gasteiger partial charge in [0.25, 0.3) is 15.7 Å². The van der Waals surface area contributed by atoms with Crippen LogP contribution in [-0.2, 0) is 19.5 Å². The average Bonchev–Trinajstić information content (AvgIpc) is 2.75. The Morgan fingerprint density at radius 1 is 1.03 bits per heavy atom. The lowest BCUT2D eigenvalue weighted by Gasteiger charge is -2.29. The van der Waals surface area contributed by atoms with E-state index >= 15 is 0 Å². The van der Waals surface area contributed by atoms with E-state index < -0.39 is 44.7 Å². The van der Waals surface area contributed by atoms with Crippen molar-refractivity contribution in [2.75, 3.05) is 0 Å². The van der Waals surface area contributed by atoms with Gasteiger partial charge in [-0.2, -0.15) is 8.42 Å². The van der Waals surface area contributed by atoms with Crippen LogP contribution in [0.15, 0.2) is 63.9 Å². The van der Waals surface area contributed by atoms with Gasteiger partial charge in [-0.3, -0.25) is 10.1 Å². The van der Waals surface area contributed by atoms with Crippen molar-refractivity contribution in [2.45, 2.75) is 64.2 Å². The zero-order chi connectivity index (χ0) is 26.4. The first-order valence-electron chi connectivity index (χ1n) is 11.0. The third-order valence-corrected chi connectivity index (χ3v) is 5.92. The van der Waals surface area contributed by atoms with E-state index in [1.165, 1.54) is 0 Å². The molecular weight excluding hydrogens is 474 g/mol. The number of nitro benzene ring substituents is 1. The average molecular weight is 506 g/mol. The Morgan fingerprint density at radius 2 is 1.60 bits per heavy atom. The molecule has 0 spiro atoms. The Bertz CT molecular complexity index is 1160. The standard InChI is InChI=1S/C24H31N3O7S/c1-16(2)33-22(26-35(31,32)20-14-12-19(13-15-20)27(29)30)17(3)21(18-10-8-7-9-11-18)25-23(28)34-24(4,5)6/h7-17,21H,1-6H3,(H,25,28). The van der Waals surface area contributed by atoms with E-state index in [-0.39, 0.29) is 16.5 Å². The van der Waals surface area contributed by atoms with E-state index in [1.54, 1.807) is 65.8 Å². The Kier molecular flexibility index (Phi) is 8.97. The Morgan fingerprint density at radius 3 is 2.09 bits per heavy atom. The summed E-state index contributed by atoms with van der Waals surface area (Å²) in [5.74, 6) is -0.844. The number of rotatable bonds is 8. The Labute approximate surface area is 205 Å². The highest BCUT2D eigenvalue weighted by molar-refractivity contribution is 7.90. The first-order chi connectivity index (χ1) is 16.2. The van der Waals surface area contributed by atoms with Crippen molar-refractivity contribution in [3.05, 3.63) is 70.3 Å². The SMILES string of the molecule is CC(C)OC(=NS(=O)(=O)c1ccc([N+](=O)[O-])cc1)C(C)C(NC(=O)OC(C)(C)C)c1ccccc1. The van der Waals surface area contributed by atoms with Gasteiger partial charge in [-0.1, -0.05) is 37.3 Å². The van der Waals surface area contributed by atoms with Crippen LogP contribution >= 0.6 is 0 Å². The van der Waals surface area contributed by atoms with E-state index in [4.69, 9.17) is 9.47 Å². The number of non-ortho nitro benzene ring substituents is 1. The monoisotopic (exact) mass is 505 g/mol. The number of nitro groups is 1. The third kappa shape index (κ3) is 8.36. The van der Waals surface area contributed by atoms with Gasteiger partial charge in [-0.25, -0.2) is 4.79 Å². The molecule has 2 aromatic carbocycles. The maximum Gasteiger partial charge on any atom is 0.408 e. The Balaban J connectivity index is 2.50. The lowest BCUT2D eigenvalue weighted by atomic mass is 9.94. The number of nitrogens with zero attached hydrogens (tertiary/aromatic N) is 2. The minimum absolute atomic E-state index is 0.122. The number of carbonyl (C=O) groups excluding carboxylic acids is 1. The number of amides is 1. The molecule has 0 radical (unpaired) electrons. The normalized spacial score (nSPS) is 14.2. The second-order valence-corrected chi connectivity index (χ2v) is 10.7. The minimum Gasteiger partial charge on any atom is -0.477 e. The second-order valence-electron chi connectivity index (χ2n) is 9.15. The molecule has 1 N–H and O–H groups in total. The highest BCUT2D eigenvalue weighted by Crippen LogP contribution is 2.27. The molecular formula is C24H31N3O7S. The molecule has 0 heterocycles. The molecule has 2 atom stereocenters. The fourth-order valence-electron chi connectivity index (χ4n) is 3.10. The molecule has 0 aliphatic rings. The van der Waals surface area contributed by atoms with E-state index in [9.17, 15) is 23.3 Å². The molecule has 0 fully saturated rings. The second kappa shape index (κ2) is 11.3. The van der Waals surface area contributed by atoms with Crippen LogP contribution in [0.5, 0.6) is 0 Å². The number of carbonyl (C=O) groups is 1. The molecule has 35 heavy (non-hydrogen) atoms. The summed E-state index contributed by atoms with van der Waals surface area (Å²) in [5.41, 5.74) is -0.289. The van der Waals surface area contributed by atoms with E-state index in [0.29, 0.717) is 5.56 Å². The highest BCUT2D eigenvalue weighted by atomic mass is 32.2. The van der Waals surface area contributed by atoms with Crippen LogP contribution in [0.25, 0.3) is 0 Å². The van der Waals surface area contributed by atoms with Gasteiger partial charge in [0.2, 0.25) is 5.90 Å². The molecule has 0 saturated carbocycles. The van der Waals surface area contributed by atoms with Crippen LogP contribution in [-0.4, -0.2) is 37.0 Å². The smallest absolute Gasteiger partial charge is 0.408 e. The first kappa shape index (κ1) is 27.8. The van der Waals surface area contributed by atoms with Gasteiger partial charge in [0.05, 0.1) is 27.9 Å². The maximum atomic E-state index is 13.0. The van der Waals surface area contributed by atoms with Gasteiger partial charge in [-0.05, 0) is 52.3 Å². The highest BCUT2D eigenvalue weighted by Gasteiger charge is 2.31. The van der Waals surface area contributed by atoms with Crippen molar-refractivity contribution >= 4 is 27.7 Å². The summed E-state index contributed by atoms with van der Waals surface area (Å²) in [6, 6.07) is 12.7. The Hall–Kier alpha value is -3.47. The molecule has 11 heteroatoms. The number of hydrogen-bond donors (Lipinski definition) is 1. The minimum atomic E-state index is -4.27. The van der Waals surface area contributed by atoms with Gasteiger partial charge >= 0.3 is 6.09 Å². The number of sulfonamides is 1. The molecule has 0 saturated heterocycles. The van der Waals surface area contributed by atoms with Crippen molar-refractivity contribution in [3.8, 4) is 0 Å². The first-order valence-corrected chi connectivity index (χ1v) is 12.4. The summed E-state index contributed by atoms with van der Waals surface area (Å²) in [6.45, 7) is 10.3. The molecule has 2 unspecified atom stereocenters. The number of nitrogens with one attached hydrogen (secondary N) is 1. The zero-order valence-electron chi connectivity index (χ0n) is 20.6. The van der Waals surface area contributed by atoms with Gasteiger partial charge in [0.15, 0.2) is 0 Å². The van der Waals surface area contributed by atoms with Gasteiger partial charge in [-0.15, -0.1) is 4.40 Å². The molecule has 0 aliphatic heterocycles.